The Hall–Kier alpha value is -1.91. The largest absolute Gasteiger partial charge is 0.478 e. The first-order chi connectivity index (χ1) is 7.20. The number of hydrogen-bond acceptors (Lipinski definition) is 4. The summed E-state index contributed by atoms with van der Waals surface area (Å²) in [6.07, 6.45) is 3.07. The molecule has 5 heteroatoms. The molecule has 0 atom stereocenters. The summed E-state index contributed by atoms with van der Waals surface area (Å²) in [5.74, 6) is -0.616. The highest BCUT2D eigenvalue weighted by Gasteiger charge is 2.15. The van der Waals surface area contributed by atoms with Crippen molar-refractivity contribution in [2.45, 2.75) is 6.92 Å². The minimum Gasteiger partial charge on any atom is -0.478 e. The quantitative estimate of drug-likeness (QED) is 0.734. The van der Waals surface area contributed by atoms with E-state index in [0.717, 1.165) is 0 Å². The molecule has 0 aromatic carbocycles. The average molecular weight is 207 g/mol. The molecule has 0 amide bonds. The Morgan fingerprint density at radius 1 is 1.73 bits per heavy atom. The van der Waals surface area contributed by atoms with Crippen LogP contribution in [0.5, 0.6) is 0 Å². The van der Waals surface area contributed by atoms with Crippen LogP contribution in [0.15, 0.2) is 24.9 Å². The maximum Gasteiger partial charge on any atom is 0.339 e. The zero-order valence-corrected chi connectivity index (χ0v) is 8.55. The van der Waals surface area contributed by atoms with Gasteiger partial charge in [0.2, 0.25) is 0 Å². The number of carboxylic acids is 1. The van der Waals surface area contributed by atoms with Crippen LogP contribution in [0.25, 0.3) is 0 Å². The van der Waals surface area contributed by atoms with Gasteiger partial charge < -0.3 is 10.0 Å². The molecule has 1 aromatic heterocycles. The lowest BCUT2D eigenvalue weighted by molar-refractivity contribution is 0.0697. The molecule has 15 heavy (non-hydrogen) atoms. The van der Waals surface area contributed by atoms with Gasteiger partial charge in [0.25, 0.3) is 0 Å². The van der Waals surface area contributed by atoms with E-state index < -0.39 is 5.97 Å². The van der Waals surface area contributed by atoms with Crippen LogP contribution in [0, 0.1) is 0 Å². The molecule has 80 valence electrons. The van der Waals surface area contributed by atoms with Crippen LogP contribution in [0.2, 0.25) is 0 Å². The Kier molecular flexibility index (Phi) is 3.79. The number of carbonyl (C=O) groups is 1. The van der Waals surface area contributed by atoms with E-state index in [-0.39, 0.29) is 5.56 Å². The van der Waals surface area contributed by atoms with Crippen molar-refractivity contribution in [3.8, 4) is 0 Å². The summed E-state index contributed by atoms with van der Waals surface area (Å²) in [5, 5.41) is 16.5. The summed E-state index contributed by atoms with van der Waals surface area (Å²) in [6.45, 7) is 6.74. The van der Waals surface area contributed by atoms with Crippen LogP contribution >= 0.6 is 0 Å². The third kappa shape index (κ3) is 2.52. The average Bonchev–Trinajstić information content (AvgIpc) is 2.26. The van der Waals surface area contributed by atoms with Gasteiger partial charge in [0.15, 0.2) is 5.82 Å². The summed E-state index contributed by atoms with van der Waals surface area (Å²) in [6, 6.07) is 1.44. The molecule has 1 N–H and O–H groups in total. The Morgan fingerprint density at radius 2 is 2.47 bits per heavy atom. The molecular weight excluding hydrogens is 194 g/mol. The number of nitrogens with zero attached hydrogens (tertiary/aromatic N) is 3. The highest BCUT2D eigenvalue weighted by molar-refractivity contribution is 5.93. The lowest BCUT2D eigenvalue weighted by atomic mass is 10.2. The number of likely N-dealkylation sites (N-methyl/N-ethyl adjacent to an activating group) is 1. The van der Waals surface area contributed by atoms with E-state index in [2.05, 4.69) is 16.8 Å². The third-order valence-electron chi connectivity index (χ3n) is 1.96. The van der Waals surface area contributed by atoms with E-state index in [1.54, 1.807) is 11.0 Å². The van der Waals surface area contributed by atoms with Crippen molar-refractivity contribution in [3.63, 3.8) is 0 Å². The number of aromatic nitrogens is 2. The SMILES string of the molecule is C=CCN(CC)c1nnccc1C(=O)O. The highest BCUT2D eigenvalue weighted by Crippen LogP contribution is 2.15. The zero-order valence-electron chi connectivity index (χ0n) is 8.55. The molecule has 1 rings (SSSR count). The van der Waals surface area contributed by atoms with Gasteiger partial charge in [-0.1, -0.05) is 6.08 Å². The van der Waals surface area contributed by atoms with Crippen molar-refractivity contribution in [2.75, 3.05) is 18.0 Å². The van der Waals surface area contributed by atoms with Crippen molar-refractivity contribution in [2.24, 2.45) is 0 Å². The van der Waals surface area contributed by atoms with Crippen LogP contribution in [-0.4, -0.2) is 34.4 Å². The molecule has 5 nitrogen and oxygen atoms in total. The first-order valence-corrected chi connectivity index (χ1v) is 4.61. The van der Waals surface area contributed by atoms with E-state index in [1.165, 1.54) is 12.3 Å². The maximum absolute atomic E-state index is 10.9. The Bertz CT molecular complexity index is 365. The predicted octanol–water partition coefficient (Wildman–Crippen LogP) is 1.19. The van der Waals surface area contributed by atoms with Gasteiger partial charge in [-0.25, -0.2) is 4.79 Å². The van der Waals surface area contributed by atoms with Gasteiger partial charge in [0, 0.05) is 13.1 Å². The van der Waals surface area contributed by atoms with Crippen molar-refractivity contribution in [1.29, 1.82) is 0 Å². The van der Waals surface area contributed by atoms with Crippen molar-refractivity contribution < 1.29 is 9.90 Å². The fourth-order valence-electron chi connectivity index (χ4n) is 1.25. The molecule has 0 aliphatic heterocycles. The first kappa shape index (κ1) is 11.2. The Labute approximate surface area is 88.1 Å². The van der Waals surface area contributed by atoms with Crippen molar-refractivity contribution in [3.05, 3.63) is 30.5 Å². The van der Waals surface area contributed by atoms with Crippen molar-refractivity contribution >= 4 is 11.8 Å². The minimum absolute atomic E-state index is 0.161. The maximum atomic E-state index is 10.9. The second-order valence-corrected chi connectivity index (χ2v) is 2.90. The topological polar surface area (TPSA) is 66.3 Å². The van der Waals surface area contributed by atoms with Crippen LogP contribution in [0.4, 0.5) is 5.82 Å². The molecule has 0 aliphatic rings. The van der Waals surface area contributed by atoms with E-state index >= 15 is 0 Å². The summed E-state index contributed by atoms with van der Waals surface area (Å²) in [4.78, 5) is 12.7. The zero-order chi connectivity index (χ0) is 11.3. The molecule has 0 spiro atoms. The van der Waals surface area contributed by atoms with E-state index in [4.69, 9.17) is 5.11 Å². The molecule has 0 aliphatic carbocycles. The van der Waals surface area contributed by atoms with Gasteiger partial charge in [-0.05, 0) is 13.0 Å². The normalized spacial score (nSPS) is 9.67. The molecule has 1 heterocycles. The summed E-state index contributed by atoms with van der Waals surface area (Å²) in [7, 11) is 0. The lowest BCUT2D eigenvalue weighted by Gasteiger charge is -2.20. The molecule has 0 bridgehead atoms. The van der Waals surface area contributed by atoms with Gasteiger partial charge in [0.1, 0.15) is 5.56 Å². The summed E-state index contributed by atoms with van der Waals surface area (Å²) < 4.78 is 0. The fourth-order valence-corrected chi connectivity index (χ4v) is 1.25. The number of anilines is 1. The fraction of sp³-hybridized carbons (Fsp3) is 0.300. The summed E-state index contributed by atoms with van der Waals surface area (Å²) >= 11 is 0. The molecule has 0 unspecified atom stereocenters. The van der Waals surface area contributed by atoms with E-state index in [9.17, 15) is 4.79 Å². The standard InChI is InChI=1S/C10H13N3O2/c1-3-7-13(4-2)9-8(10(14)15)5-6-11-12-9/h3,5-6H,1,4,7H2,2H3,(H,14,15). The molecule has 0 radical (unpaired) electrons. The van der Waals surface area contributed by atoms with Crippen LogP contribution in [0.3, 0.4) is 0 Å². The van der Waals surface area contributed by atoms with Crippen LogP contribution in [0.1, 0.15) is 17.3 Å². The monoisotopic (exact) mass is 207 g/mol. The second kappa shape index (κ2) is 5.09. The molecule has 0 fully saturated rings. The van der Waals surface area contributed by atoms with Gasteiger partial charge >= 0.3 is 5.97 Å². The highest BCUT2D eigenvalue weighted by atomic mass is 16.4. The third-order valence-corrected chi connectivity index (χ3v) is 1.96. The second-order valence-electron chi connectivity index (χ2n) is 2.90. The van der Waals surface area contributed by atoms with E-state index in [1.807, 2.05) is 6.92 Å². The van der Waals surface area contributed by atoms with Gasteiger partial charge in [0.05, 0.1) is 6.20 Å². The Balaban J connectivity index is 3.09. The number of aromatic carboxylic acids is 1. The van der Waals surface area contributed by atoms with Crippen molar-refractivity contribution in [1.82, 2.24) is 10.2 Å². The number of carboxylic acid groups (broad SMARTS) is 1. The molecular formula is C10H13N3O2. The number of hydrogen-bond donors (Lipinski definition) is 1. The molecule has 0 saturated heterocycles. The number of rotatable bonds is 5. The molecule has 1 aromatic rings. The smallest absolute Gasteiger partial charge is 0.339 e. The van der Waals surface area contributed by atoms with Gasteiger partial charge in [-0.2, -0.15) is 5.10 Å². The predicted molar refractivity (Wildman–Crippen MR) is 57.1 cm³/mol. The van der Waals surface area contributed by atoms with Gasteiger partial charge in [-0.15, -0.1) is 11.7 Å². The van der Waals surface area contributed by atoms with Gasteiger partial charge in [-0.3, -0.25) is 0 Å². The van der Waals surface area contributed by atoms with E-state index in [0.29, 0.717) is 18.9 Å². The van der Waals surface area contributed by atoms with Crippen LogP contribution < -0.4 is 4.90 Å². The molecule has 0 saturated carbocycles. The van der Waals surface area contributed by atoms with Crippen LogP contribution in [-0.2, 0) is 0 Å². The lowest BCUT2D eigenvalue weighted by Crippen LogP contribution is -2.26. The Morgan fingerprint density at radius 3 is 3.00 bits per heavy atom. The summed E-state index contributed by atoms with van der Waals surface area (Å²) in [5.41, 5.74) is 0.161. The first-order valence-electron chi connectivity index (χ1n) is 4.61. The minimum atomic E-state index is -0.998.